The molecule has 7 heteroatoms. The summed E-state index contributed by atoms with van der Waals surface area (Å²) in [6, 6.07) is 9.85. The first-order valence-corrected chi connectivity index (χ1v) is 7.75. The number of nitrogens with one attached hydrogen (secondary N) is 1. The van der Waals surface area contributed by atoms with E-state index in [4.69, 9.17) is 17.3 Å². The van der Waals surface area contributed by atoms with Crippen molar-refractivity contribution in [2.75, 3.05) is 5.73 Å². The van der Waals surface area contributed by atoms with Gasteiger partial charge < -0.3 is 5.73 Å². The van der Waals surface area contributed by atoms with Gasteiger partial charge in [0.15, 0.2) is 0 Å². The van der Waals surface area contributed by atoms with Crippen LogP contribution in [0, 0.1) is 0 Å². The number of thiophene rings is 1. The van der Waals surface area contributed by atoms with Gasteiger partial charge in [0.25, 0.3) is 0 Å². The Morgan fingerprint density at radius 3 is 2.56 bits per heavy atom. The van der Waals surface area contributed by atoms with Crippen molar-refractivity contribution in [2.45, 2.75) is 11.4 Å². The van der Waals surface area contributed by atoms with E-state index in [2.05, 4.69) is 4.72 Å². The Morgan fingerprint density at radius 2 is 1.94 bits per heavy atom. The Hall–Kier alpha value is -1.08. The molecule has 4 nitrogen and oxygen atoms in total. The van der Waals surface area contributed by atoms with Gasteiger partial charge in [0.2, 0.25) is 10.0 Å². The summed E-state index contributed by atoms with van der Waals surface area (Å²) >= 11 is 7.11. The molecule has 0 spiro atoms. The lowest BCUT2D eigenvalue weighted by atomic mass is 10.3. The topological polar surface area (TPSA) is 72.2 Å². The van der Waals surface area contributed by atoms with Crippen molar-refractivity contribution in [1.82, 2.24) is 4.72 Å². The fourth-order valence-corrected chi connectivity index (χ4v) is 3.67. The SMILES string of the molecule is Nc1ccccc1S(=O)(=O)NCc1ccc(Cl)s1. The third kappa shape index (κ3) is 3.02. The first-order valence-electron chi connectivity index (χ1n) is 5.07. The third-order valence-corrected chi connectivity index (χ3v) is 4.98. The van der Waals surface area contributed by atoms with E-state index in [1.54, 1.807) is 30.3 Å². The monoisotopic (exact) mass is 302 g/mol. The normalized spacial score (nSPS) is 11.6. The van der Waals surface area contributed by atoms with E-state index < -0.39 is 10.0 Å². The van der Waals surface area contributed by atoms with Crippen molar-refractivity contribution in [3.05, 3.63) is 45.6 Å². The van der Waals surface area contributed by atoms with Crippen LogP contribution < -0.4 is 10.5 Å². The van der Waals surface area contributed by atoms with Crippen LogP contribution in [0.1, 0.15) is 4.88 Å². The van der Waals surface area contributed by atoms with Gasteiger partial charge in [-0.25, -0.2) is 13.1 Å². The highest BCUT2D eigenvalue weighted by atomic mass is 35.5. The Kier molecular flexibility index (Phi) is 3.91. The second kappa shape index (κ2) is 5.27. The molecule has 1 heterocycles. The standard InChI is InChI=1S/C11H11ClN2O2S2/c12-11-6-5-8(17-11)7-14-18(15,16)10-4-2-1-3-9(10)13/h1-6,14H,7,13H2. The maximum Gasteiger partial charge on any atom is 0.242 e. The Morgan fingerprint density at radius 1 is 1.22 bits per heavy atom. The average Bonchev–Trinajstić information content (AvgIpc) is 2.73. The predicted molar refractivity (Wildman–Crippen MR) is 74.2 cm³/mol. The molecular weight excluding hydrogens is 292 g/mol. The van der Waals surface area contributed by atoms with Crippen LogP contribution in [0.4, 0.5) is 5.69 Å². The first kappa shape index (κ1) is 13.4. The summed E-state index contributed by atoms with van der Waals surface area (Å²) in [6.45, 7) is 0.202. The molecular formula is C11H11ClN2O2S2. The summed E-state index contributed by atoms with van der Waals surface area (Å²) in [5, 5.41) is 0. The van der Waals surface area contributed by atoms with E-state index in [1.165, 1.54) is 17.4 Å². The Labute approximate surface area is 114 Å². The minimum Gasteiger partial charge on any atom is -0.398 e. The average molecular weight is 303 g/mol. The third-order valence-electron chi connectivity index (χ3n) is 2.27. The molecule has 0 atom stereocenters. The van der Waals surface area contributed by atoms with E-state index in [0.29, 0.717) is 4.34 Å². The van der Waals surface area contributed by atoms with E-state index in [0.717, 1.165) is 4.88 Å². The lowest BCUT2D eigenvalue weighted by Gasteiger charge is -2.07. The quantitative estimate of drug-likeness (QED) is 0.852. The zero-order chi connectivity index (χ0) is 13.2. The fraction of sp³-hybridized carbons (Fsp3) is 0.0909. The number of benzene rings is 1. The van der Waals surface area contributed by atoms with Crippen LogP contribution in [0.15, 0.2) is 41.3 Å². The van der Waals surface area contributed by atoms with E-state index in [-0.39, 0.29) is 17.1 Å². The van der Waals surface area contributed by atoms with Gasteiger partial charge >= 0.3 is 0 Å². The van der Waals surface area contributed by atoms with Crippen LogP contribution >= 0.6 is 22.9 Å². The number of anilines is 1. The largest absolute Gasteiger partial charge is 0.398 e. The molecule has 2 aromatic rings. The van der Waals surface area contributed by atoms with Crippen molar-refractivity contribution >= 4 is 38.6 Å². The van der Waals surface area contributed by atoms with Crippen LogP contribution in [0.5, 0.6) is 0 Å². The van der Waals surface area contributed by atoms with Crippen LogP contribution in [0.2, 0.25) is 4.34 Å². The van der Waals surface area contributed by atoms with E-state index >= 15 is 0 Å². The fourth-order valence-electron chi connectivity index (χ4n) is 1.42. The van der Waals surface area contributed by atoms with Crippen LogP contribution in [-0.2, 0) is 16.6 Å². The van der Waals surface area contributed by atoms with Crippen molar-refractivity contribution in [1.29, 1.82) is 0 Å². The number of halogens is 1. The van der Waals surface area contributed by atoms with Crippen molar-refractivity contribution in [3.8, 4) is 0 Å². The van der Waals surface area contributed by atoms with Gasteiger partial charge in [-0.3, -0.25) is 0 Å². The minimum absolute atomic E-state index is 0.0904. The molecule has 96 valence electrons. The van der Waals surface area contributed by atoms with Gasteiger partial charge in [0.05, 0.1) is 10.0 Å². The number of sulfonamides is 1. The molecule has 0 aliphatic heterocycles. The predicted octanol–water partition coefficient (Wildman–Crippen LogP) is 2.46. The van der Waals surface area contributed by atoms with Crippen molar-refractivity contribution in [2.24, 2.45) is 0 Å². The molecule has 0 fully saturated rings. The maximum absolute atomic E-state index is 12.0. The van der Waals surface area contributed by atoms with E-state index in [1.807, 2.05) is 0 Å². The molecule has 0 saturated heterocycles. The summed E-state index contributed by atoms with van der Waals surface area (Å²) in [6.07, 6.45) is 0. The molecule has 3 N–H and O–H groups in total. The van der Waals surface area contributed by atoms with Gasteiger partial charge in [-0.2, -0.15) is 0 Å². The smallest absolute Gasteiger partial charge is 0.242 e. The van der Waals surface area contributed by atoms with Gasteiger partial charge in [0.1, 0.15) is 4.90 Å². The lowest BCUT2D eigenvalue weighted by molar-refractivity contribution is 0.582. The van der Waals surface area contributed by atoms with Crippen molar-refractivity contribution in [3.63, 3.8) is 0 Å². The molecule has 1 aromatic heterocycles. The van der Waals surface area contributed by atoms with E-state index in [9.17, 15) is 8.42 Å². The number of rotatable bonds is 4. The molecule has 0 unspecified atom stereocenters. The highest BCUT2D eigenvalue weighted by Gasteiger charge is 2.16. The highest BCUT2D eigenvalue weighted by Crippen LogP contribution is 2.22. The molecule has 0 saturated carbocycles. The Balaban J connectivity index is 2.16. The van der Waals surface area contributed by atoms with Gasteiger partial charge in [-0.05, 0) is 24.3 Å². The Bertz CT molecular complexity index is 653. The van der Waals surface area contributed by atoms with Gasteiger partial charge in [-0.1, -0.05) is 23.7 Å². The first-order chi connectivity index (χ1) is 8.49. The van der Waals surface area contributed by atoms with Crippen LogP contribution in [0.25, 0.3) is 0 Å². The summed E-state index contributed by atoms with van der Waals surface area (Å²) in [5.41, 5.74) is 5.87. The highest BCUT2D eigenvalue weighted by molar-refractivity contribution is 7.89. The number of nitrogens with two attached hydrogens (primary N) is 1. The molecule has 1 aromatic carbocycles. The van der Waals surface area contributed by atoms with Crippen LogP contribution in [-0.4, -0.2) is 8.42 Å². The van der Waals surface area contributed by atoms with Gasteiger partial charge in [-0.15, -0.1) is 11.3 Å². The molecule has 2 rings (SSSR count). The number of hydrogen-bond donors (Lipinski definition) is 2. The lowest BCUT2D eigenvalue weighted by Crippen LogP contribution is -2.23. The number of hydrogen-bond acceptors (Lipinski definition) is 4. The molecule has 0 bridgehead atoms. The van der Waals surface area contributed by atoms with Crippen LogP contribution in [0.3, 0.4) is 0 Å². The molecule has 0 amide bonds. The number of para-hydroxylation sites is 1. The zero-order valence-electron chi connectivity index (χ0n) is 9.26. The zero-order valence-corrected chi connectivity index (χ0v) is 11.6. The number of nitrogen functional groups attached to an aromatic ring is 1. The second-order valence-electron chi connectivity index (χ2n) is 3.57. The van der Waals surface area contributed by atoms with Gasteiger partial charge in [0, 0.05) is 11.4 Å². The minimum atomic E-state index is -3.59. The maximum atomic E-state index is 12.0. The summed E-state index contributed by atoms with van der Waals surface area (Å²) in [7, 11) is -3.59. The molecule has 0 radical (unpaired) electrons. The molecule has 0 aliphatic rings. The summed E-state index contributed by atoms with van der Waals surface area (Å²) in [4.78, 5) is 0.936. The molecule has 0 aliphatic carbocycles. The molecule has 18 heavy (non-hydrogen) atoms. The van der Waals surface area contributed by atoms with Crippen molar-refractivity contribution < 1.29 is 8.42 Å². The second-order valence-corrected chi connectivity index (χ2v) is 7.10. The summed E-state index contributed by atoms with van der Waals surface area (Å²) < 4.78 is 27.1. The summed E-state index contributed by atoms with van der Waals surface area (Å²) in [5.74, 6) is 0.